The van der Waals surface area contributed by atoms with Crippen molar-refractivity contribution in [3.63, 3.8) is 0 Å². The molecule has 0 aliphatic carbocycles. The minimum atomic E-state index is -3.17. The first-order valence-corrected chi connectivity index (χ1v) is 11.8. The number of pyridine rings is 1. The maximum absolute atomic E-state index is 11.7. The third-order valence-electron chi connectivity index (χ3n) is 6.43. The van der Waals surface area contributed by atoms with Crippen LogP contribution in [0.1, 0.15) is 37.4 Å². The summed E-state index contributed by atoms with van der Waals surface area (Å²) in [5.74, 6) is 1.09. The summed E-state index contributed by atoms with van der Waals surface area (Å²) in [6.45, 7) is 4.05. The van der Waals surface area contributed by atoms with E-state index in [4.69, 9.17) is 9.84 Å². The molecule has 4 heterocycles. The van der Waals surface area contributed by atoms with Crippen molar-refractivity contribution in [3.05, 3.63) is 29.6 Å². The number of piperidine rings is 1. The highest BCUT2D eigenvalue weighted by atomic mass is 32.2. The van der Waals surface area contributed by atoms with E-state index in [-0.39, 0.29) is 5.60 Å². The van der Waals surface area contributed by atoms with Crippen LogP contribution in [0.4, 0.5) is 4.79 Å². The second kappa shape index (κ2) is 7.28. The molecule has 29 heavy (non-hydrogen) atoms. The number of ether oxygens (including phenoxy) is 1. The van der Waals surface area contributed by atoms with Gasteiger partial charge in [0.05, 0.1) is 18.1 Å². The van der Waals surface area contributed by atoms with Gasteiger partial charge in [0.25, 0.3) is 0 Å². The molecule has 9 heteroatoms. The Hall–Kier alpha value is -2.13. The van der Waals surface area contributed by atoms with Crippen LogP contribution in [-0.4, -0.2) is 71.8 Å². The first-order chi connectivity index (χ1) is 13.7. The molecule has 0 spiro atoms. The Morgan fingerprint density at radius 2 is 2.03 bits per heavy atom. The minimum absolute atomic E-state index is 0.297. The number of hydrogen-bond acceptors (Lipinski definition) is 5. The van der Waals surface area contributed by atoms with Crippen LogP contribution in [0.5, 0.6) is 5.75 Å². The highest BCUT2D eigenvalue weighted by Crippen LogP contribution is 2.43. The van der Waals surface area contributed by atoms with Crippen molar-refractivity contribution in [2.24, 2.45) is 5.92 Å². The SMILES string of the molecule is CC1(C2CCN(C(=O)O)CC2)Cc2cc(C3=CCN(S(C)(=O)=O)CC3)ncc2O1. The number of rotatable bonds is 3. The fraction of sp³-hybridized carbons (Fsp3) is 0.600. The van der Waals surface area contributed by atoms with Gasteiger partial charge in [-0.3, -0.25) is 4.98 Å². The van der Waals surface area contributed by atoms with Crippen LogP contribution in [-0.2, 0) is 16.4 Å². The van der Waals surface area contributed by atoms with Gasteiger partial charge in [-0.05, 0) is 37.8 Å². The fourth-order valence-electron chi connectivity index (χ4n) is 4.65. The van der Waals surface area contributed by atoms with Crippen LogP contribution >= 0.6 is 0 Å². The zero-order valence-electron chi connectivity index (χ0n) is 16.8. The van der Waals surface area contributed by atoms with Gasteiger partial charge in [-0.1, -0.05) is 6.08 Å². The van der Waals surface area contributed by atoms with Gasteiger partial charge < -0.3 is 14.7 Å². The summed E-state index contributed by atoms with van der Waals surface area (Å²) in [5, 5.41) is 9.16. The largest absolute Gasteiger partial charge is 0.485 e. The zero-order valence-corrected chi connectivity index (χ0v) is 17.6. The molecule has 0 radical (unpaired) electrons. The van der Waals surface area contributed by atoms with Gasteiger partial charge in [-0.25, -0.2) is 13.2 Å². The van der Waals surface area contributed by atoms with Gasteiger partial charge in [0, 0.05) is 44.1 Å². The predicted octanol–water partition coefficient (Wildman–Crippen LogP) is 2.21. The predicted molar refractivity (Wildman–Crippen MR) is 108 cm³/mol. The Kier molecular flexibility index (Phi) is 5.06. The third-order valence-corrected chi connectivity index (χ3v) is 7.70. The lowest BCUT2D eigenvalue weighted by Gasteiger charge is -2.39. The number of hydrogen-bond donors (Lipinski definition) is 1. The Bertz CT molecular complexity index is 953. The summed E-state index contributed by atoms with van der Waals surface area (Å²) in [4.78, 5) is 17.2. The van der Waals surface area contributed by atoms with Gasteiger partial charge in [0.1, 0.15) is 11.4 Å². The minimum Gasteiger partial charge on any atom is -0.485 e. The van der Waals surface area contributed by atoms with Crippen molar-refractivity contribution in [2.45, 2.75) is 38.2 Å². The number of aromatic nitrogens is 1. The van der Waals surface area contributed by atoms with E-state index in [0.29, 0.717) is 38.5 Å². The maximum atomic E-state index is 11.7. The Labute approximate surface area is 171 Å². The molecule has 1 aromatic rings. The van der Waals surface area contributed by atoms with Gasteiger partial charge in [-0.2, -0.15) is 4.31 Å². The van der Waals surface area contributed by atoms with Crippen molar-refractivity contribution >= 4 is 21.7 Å². The molecule has 4 rings (SSSR count). The summed E-state index contributed by atoms with van der Waals surface area (Å²) in [7, 11) is -3.17. The molecule has 1 aromatic heterocycles. The molecule has 1 fully saturated rings. The molecule has 0 aromatic carbocycles. The second-order valence-electron chi connectivity index (χ2n) is 8.41. The quantitative estimate of drug-likeness (QED) is 0.803. The molecule has 3 aliphatic heterocycles. The van der Waals surface area contributed by atoms with E-state index in [0.717, 1.165) is 41.8 Å². The lowest BCUT2D eigenvalue weighted by Crippen LogP contribution is -2.47. The molecule has 1 amide bonds. The molecule has 1 atom stereocenters. The number of likely N-dealkylation sites (tertiary alicyclic amines) is 1. The maximum Gasteiger partial charge on any atom is 0.407 e. The molecule has 158 valence electrons. The van der Waals surface area contributed by atoms with E-state index >= 15 is 0 Å². The number of amides is 1. The first-order valence-electron chi connectivity index (χ1n) is 9.96. The van der Waals surface area contributed by atoms with Gasteiger partial charge >= 0.3 is 6.09 Å². The highest BCUT2D eigenvalue weighted by molar-refractivity contribution is 7.88. The average Bonchev–Trinajstić information content (AvgIpc) is 3.04. The van der Waals surface area contributed by atoms with E-state index in [1.807, 2.05) is 6.08 Å². The van der Waals surface area contributed by atoms with E-state index in [1.54, 1.807) is 6.20 Å². The molecule has 1 unspecified atom stereocenters. The number of sulfonamides is 1. The summed E-state index contributed by atoms with van der Waals surface area (Å²) in [5.41, 5.74) is 2.72. The molecule has 0 bridgehead atoms. The zero-order chi connectivity index (χ0) is 20.8. The fourth-order valence-corrected chi connectivity index (χ4v) is 5.42. The van der Waals surface area contributed by atoms with Gasteiger partial charge in [0.15, 0.2) is 0 Å². The van der Waals surface area contributed by atoms with Crippen molar-refractivity contribution in [1.29, 1.82) is 0 Å². The summed E-state index contributed by atoms with van der Waals surface area (Å²) >= 11 is 0. The number of carboxylic acid groups (broad SMARTS) is 1. The van der Waals surface area contributed by atoms with E-state index in [1.165, 1.54) is 15.5 Å². The Morgan fingerprint density at radius 1 is 1.31 bits per heavy atom. The number of carbonyl (C=O) groups is 1. The average molecular weight is 422 g/mol. The normalized spacial score (nSPS) is 26.0. The van der Waals surface area contributed by atoms with Crippen LogP contribution < -0.4 is 4.74 Å². The lowest BCUT2D eigenvalue weighted by molar-refractivity contribution is 0.0130. The molecule has 0 saturated carbocycles. The van der Waals surface area contributed by atoms with E-state index in [2.05, 4.69) is 18.0 Å². The Balaban J connectivity index is 1.46. The second-order valence-corrected chi connectivity index (χ2v) is 10.4. The van der Waals surface area contributed by atoms with Crippen LogP contribution in [0, 0.1) is 5.92 Å². The van der Waals surface area contributed by atoms with Crippen LogP contribution in [0.15, 0.2) is 18.3 Å². The van der Waals surface area contributed by atoms with E-state index in [9.17, 15) is 13.2 Å². The van der Waals surface area contributed by atoms with Gasteiger partial charge in [0.2, 0.25) is 10.0 Å². The molecule has 3 aliphatic rings. The van der Waals surface area contributed by atoms with Crippen molar-refractivity contribution in [3.8, 4) is 5.75 Å². The summed E-state index contributed by atoms with van der Waals surface area (Å²) in [6, 6.07) is 2.06. The van der Waals surface area contributed by atoms with Crippen LogP contribution in [0.2, 0.25) is 0 Å². The van der Waals surface area contributed by atoms with Crippen molar-refractivity contribution < 1.29 is 23.1 Å². The number of fused-ring (bicyclic) bond motifs is 1. The monoisotopic (exact) mass is 421 g/mol. The molecule has 8 nitrogen and oxygen atoms in total. The first kappa shape index (κ1) is 20.2. The smallest absolute Gasteiger partial charge is 0.407 e. The number of nitrogens with zero attached hydrogens (tertiary/aromatic N) is 3. The summed E-state index contributed by atoms with van der Waals surface area (Å²) in [6.07, 6.45) is 7.10. The van der Waals surface area contributed by atoms with Crippen molar-refractivity contribution in [1.82, 2.24) is 14.2 Å². The standard InChI is InChI=1S/C20H27N3O5S/c1-20(16-5-7-22(8-6-16)19(24)25)12-15-11-17(21-13-18(15)28-20)14-3-9-23(10-4-14)29(2,26)27/h3,11,13,16H,4-10,12H2,1-2H3,(H,24,25). The third kappa shape index (κ3) is 3.98. The molecule has 1 N–H and O–H groups in total. The molecule has 1 saturated heterocycles. The molecular formula is C20H27N3O5S. The highest BCUT2D eigenvalue weighted by Gasteiger charge is 2.43. The topological polar surface area (TPSA) is 100 Å². The van der Waals surface area contributed by atoms with Crippen LogP contribution in [0.25, 0.3) is 5.57 Å². The lowest BCUT2D eigenvalue weighted by atomic mass is 9.79. The van der Waals surface area contributed by atoms with E-state index < -0.39 is 16.1 Å². The summed E-state index contributed by atoms with van der Waals surface area (Å²) < 4.78 is 31.1. The van der Waals surface area contributed by atoms with Crippen molar-refractivity contribution in [2.75, 3.05) is 32.4 Å². The molecular weight excluding hydrogens is 394 g/mol. The Morgan fingerprint density at radius 3 is 2.62 bits per heavy atom. The van der Waals surface area contributed by atoms with Crippen LogP contribution in [0.3, 0.4) is 0 Å². The van der Waals surface area contributed by atoms with Gasteiger partial charge in [-0.15, -0.1) is 0 Å².